The molecule has 0 heterocycles. The molecule has 3 unspecified atom stereocenters. The minimum Gasteiger partial charge on any atom is -0.393 e. The smallest absolute Gasteiger partial charge is 0.163 e. The molecule has 124 valence electrons. The van der Waals surface area contributed by atoms with Gasteiger partial charge in [0.2, 0.25) is 0 Å². The first kappa shape index (κ1) is 17.5. The third-order valence-electron chi connectivity index (χ3n) is 5.34. The molecular formula is C20H32O2. The Balaban J connectivity index is 2.02. The lowest BCUT2D eigenvalue weighted by Crippen LogP contribution is -2.32. The van der Waals surface area contributed by atoms with Crippen molar-refractivity contribution in [3.05, 3.63) is 23.3 Å². The van der Waals surface area contributed by atoms with Gasteiger partial charge in [-0.05, 0) is 37.5 Å². The molecule has 0 fully saturated rings. The topological polar surface area (TPSA) is 37.3 Å². The summed E-state index contributed by atoms with van der Waals surface area (Å²) in [5.74, 6) is 0.651. The van der Waals surface area contributed by atoms with Gasteiger partial charge in [0.15, 0.2) is 5.78 Å². The molecule has 2 rings (SSSR count). The Bertz CT molecular complexity index is 433. The largest absolute Gasteiger partial charge is 0.393 e. The van der Waals surface area contributed by atoms with Gasteiger partial charge < -0.3 is 5.11 Å². The molecule has 0 aromatic rings. The molecule has 1 N–H and O–H groups in total. The first-order valence-electron chi connectivity index (χ1n) is 9.23. The summed E-state index contributed by atoms with van der Waals surface area (Å²) in [6.07, 6.45) is 14.8. The van der Waals surface area contributed by atoms with E-state index in [4.69, 9.17) is 0 Å². The number of carbonyl (C=O) groups excluding carboxylic acids is 1. The summed E-state index contributed by atoms with van der Waals surface area (Å²) in [5.41, 5.74) is 2.26. The molecule has 2 heteroatoms. The number of allylic oxidation sites excluding steroid dienone is 4. The zero-order valence-corrected chi connectivity index (χ0v) is 14.3. The predicted octanol–water partition coefficient (Wildman–Crippen LogP) is 4.97. The number of aliphatic hydroxyl groups is 1. The maximum Gasteiger partial charge on any atom is 0.163 e. The van der Waals surface area contributed by atoms with Crippen LogP contribution in [0.3, 0.4) is 0 Å². The quantitative estimate of drug-likeness (QED) is 0.703. The molecule has 22 heavy (non-hydrogen) atoms. The van der Waals surface area contributed by atoms with Crippen LogP contribution in [0.1, 0.15) is 78.1 Å². The normalized spacial score (nSPS) is 29.2. The van der Waals surface area contributed by atoms with Crippen molar-refractivity contribution in [2.24, 2.45) is 11.8 Å². The fourth-order valence-corrected chi connectivity index (χ4v) is 3.92. The van der Waals surface area contributed by atoms with E-state index in [1.165, 1.54) is 37.7 Å². The van der Waals surface area contributed by atoms with Gasteiger partial charge in [0.1, 0.15) is 0 Å². The number of ketones is 1. The van der Waals surface area contributed by atoms with Crippen molar-refractivity contribution in [3.8, 4) is 0 Å². The fourth-order valence-electron chi connectivity index (χ4n) is 3.92. The highest BCUT2D eigenvalue weighted by Crippen LogP contribution is 2.35. The third kappa shape index (κ3) is 4.55. The summed E-state index contributed by atoms with van der Waals surface area (Å²) in [4.78, 5) is 12.4. The van der Waals surface area contributed by atoms with Gasteiger partial charge in [-0.1, -0.05) is 63.7 Å². The Hall–Kier alpha value is -0.890. The van der Waals surface area contributed by atoms with E-state index in [1.54, 1.807) is 0 Å². The number of hydrogen-bond donors (Lipinski definition) is 1. The second-order valence-electron chi connectivity index (χ2n) is 7.22. The maximum absolute atomic E-state index is 12.4. The van der Waals surface area contributed by atoms with Crippen molar-refractivity contribution in [1.82, 2.24) is 0 Å². The molecule has 0 aliphatic heterocycles. The van der Waals surface area contributed by atoms with Crippen molar-refractivity contribution in [2.45, 2.75) is 84.2 Å². The van der Waals surface area contributed by atoms with Crippen molar-refractivity contribution in [1.29, 1.82) is 0 Å². The summed E-state index contributed by atoms with van der Waals surface area (Å²) < 4.78 is 0. The average molecular weight is 304 g/mol. The number of unbranched alkanes of at least 4 members (excludes halogenated alkanes) is 4. The van der Waals surface area contributed by atoms with Crippen LogP contribution in [-0.2, 0) is 4.79 Å². The highest BCUT2D eigenvalue weighted by molar-refractivity contribution is 5.99. The molecule has 0 saturated heterocycles. The molecule has 2 nitrogen and oxygen atoms in total. The molecule has 0 bridgehead atoms. The van der Waals surface area contributed by atoms with Crippen LogP contribution in [0.25, 0.3) is 0 Å². The minimum absolute atomic E-state index is 0.0810. The minimum atomic E-state index is -0.324. The van der Waals surface area contributed by atoms with E-state index in [0.29, 0.717) is 12.3 Å². The molecule has 0 aromatic carbocycles. The van der Waals surface area contributed by atoms with Gasteiger partial charge in [-0.15, -0.1) is 0 Å². The van der Waals surface area contributed by atoms with Gasteiger partial charge in [-0.25, -0.2) is 0 Å². The zero-order valence-electron chi connectivity index (χ0n) is 14.3. The number of hydrogen-bond acceptors (Lipinski definition) is 2. The second kappa shape index (κ2) is 8.67. The van der Waals surface area contributed by atoms with Gasteiger partial charge in [0.25, 0.3) is 0 Å². The van der Waals surface area contributed by atoms with E-state index in [-0.39, 0.29) is 17.8 Å². The molecule has 2 aliphatic rings. The summed E-state index contributed by atoms with van der Waals surface area (Å²) in [6.45, 7) is 4.27. The van der Waals surface area contributed by atoms with Crippen LogP contribution in [0.2, 0.25) is 0 Å². The summed E-state index contributed by atoms with van der Waals surface area (Å²) in [6, 6.07) is 0. The molecule has 3 atom stereocenters. The van der Waals surface area contributed by atoms with Crippen LogP contribution in [-0.4, -0.2) is 17.0 Å². The number of carbonyl (C=O) groups is 1. The number of aliphatic hydroxyl groups excluding tert-OH is 1. The van der Waals surface area contributed by atoms with Crippen molar-refractivity contribution >= 4 is 5.78 Å². The molecular weight excluding hydrogens is 272 g/mol. The van der Waals surface area contributed by atoms with Gasteiger partial charge in [-0.3, -0.25) is 4.79 Å². The SMILES string of the molecule is CCCCCCCC1CC2=C(C=CCC2)C(=O)CC(C)C1O. The van der Waals surface area contributed by atoms with Crippen molar-refractivity contribution in [2.75, 3.05) is 0 Å². The summed E-state index contributed by atoms with van der Waals surface area (Å²) in [7, 11) is 0. The second-order valence-corrected chi connectivity index (χ2v) is 7.22. The summed E-state index contributed by atoms with van der Waals surface area (Å²) >= 11 is 0. The highest BCUT2D eigenvalue weighted by Gasteiger charge is 2.31. The van der Waals surface area contributed by atoms with E-state index < -0.39 is 0 Å². The lowest BCUT2D eigenvalue weighted by atomic mass is 9.75. The van der Waals surface area contributed by atoms with Crippen molar-refractivity contribution in [3.63, 3.8) is 0 Å². The molecule has 0 amide bonds. The first-order valence-corrected chi connectivity index (χ1v) is 9.23. The molecule has 2 aliphatic carbocycles. The van der Waals surface area contributed by atoms with Gasteiger partial charge in [-0.2, -0.15) is 0 Å². The van der Waals surface area contributed by atoms with Crippen LogP contribution in [0, 0.1) is 11.8 Å². The molecule has 0 radical (unpaired) electrons. The predicted molar refractivity (Wildman–Crippen MR) is 91.7 cm³/mol. The summed E-state index contributed by atoms with van der Waals surface area (Å²) in [5, 5.41) is 10.7. The van der Waals surface area contributed by atoms with Crippen molar-refractivity contribution < 1.29 is 9.90 Å². The van der Waals surface area contributed by atoms with E-state index in [2.05, 4.69) is 13.0 Å². The van der Waals surface area contributed by atoms with E-state index in [1.807, 2.05) is 13.0 Å². The molecule has 0 spiro atoms. The Morgan fingerprint density at radius 2 is 1.95 bits per heavy atom. The molecule has 0 aromatic heterocycles. The van der Waals surface area contributed by atoms with E-state index >= 15 is 0 Å². The van der Waals surface area contributed by atoms with Crippen LogP contribution in [0.15, 0.2) is 23.3 Å². The van der Waals surface area contributed by atoms with Gasteiger partial charge >= 0.3 is 0 Å². The monoisotopic (exact) mass is 304 g/mol. The van der Waals surface area contributed by atoms with Crippen LogP contribution in [0.4, 0.5) is 0 Å². The highest BCUT2D eigenvalue weighted by atomic mass is 16.3. The maximum atomic E-state index is 12.4. The van der Waals surface area contributed by atoms with E-state index in [9.17, 15) is 9.90 Å². The Morgan fingerprint density at radius 3 is 2.73 bits per heavy atom. The third-order valence-corrected chi connectivity index (χ3v) is 5.34. The first-order chi connectivity index (χ1) is 10.6. The van der Waals surface area contributed by atoms with Crippen LogP contribution >= 0.6 is 0 Å². The lowest BCUT2D eigenvalue weighted by molar-refractivity contribution is -0.117. The number of Topliss-reactive ketones (excluding diaryl/α,β-unsaturated/α-hetero) is 1. The van der Waals surface area contributed by atoms with Gasteiger partial charge in [0.05, 0.1) is 6.10 Å². The van der Waals surface area contributed by atoms with Gasteiger partial charge in [0, 0.05) is 12.0 Å². The zero-order chi connectivity index (χ0) is 15.9. The van der Waals surface area contributed by atoms with Crippen LogP contribution in [0.5, 0.6) is 0 Å². The number of rotatable bonds is 6. The Kier molecular flexibility index (Phi) is 6.88. The fraction of sp³-hybridized carbons (Fsp3) is 0.750. The Morgan fingerprint density at radius 1 is 1.18 bits per heavy atom. The lowest BCUT2D eigenvalue weighted by Gasteiger charge is -2.32. The average Bonchev–Trinajstić information content (AvgIpc) is 2.52. The van der Waals surface area contributed by atoms with E-state index in [0.717, 1.165) is 31.3 Å². The standard InChI is InChI=1S/C20H32O2/c1-3-4-5-6-7-11-17-14-16-10-8-9-12-18(16)19(21)13-15(2)20(17)22/h9,12,15,17,20,22H,3-8,10-11,13-14H2,1-2H3. The van der Waals surface area contributed by atoms with Crippen LogP contribution < -0.4 is 0 Å². The Labute approximate surface area is 135 Å². The molecule has 0 saturated carbocycles.